The van der Waals surface area contributed by atoms with E-state index >= 15 is 0 Å². The Kier molecular flexibility index (Phi) is 25.0. The molecule has 0 saturated carbocycles. The van der Waals surface area contributed by atoms with Gasteiger partial charge < -0.3 is 0 Å². The fraction of sp³-hybridized carbons (Fsp3) is 0.929. The molecule has 0 bridgehead atoms. The molecule has 1 atom stereocenters. The van der Waals surface area contributed by atoms with E-state index in [1.807, 2.05) is 0 Å². The van der Waals surface area contributed by atoms with Crippen molar-refractivity contribution in [2.45, 2.75) is 161 Å². The van der Waals surface area contributed by atoms with Crippen molar-refractivity contribution in [3.8, 4) is 0 Å². The van der Waals surface area contributed by atoms with Crippen LogP contribution >= 0.6 is 0 Å². The number of hydrogen-bond acceptors (Lipinski definition) is 0. The van der Waals surface area contributed by atoms with Gasteiger partial charge in [-0.25, -0.2) is 0 Å². The van der Waals surface area contributed by atoms with Crippen LogP contribution in [0.3, 0.4) is 0 Å². The van der Waals surface area contributed by atoms with Crippen LogP contribution in [0.5, 0.6) is 0 Å². The SMILES string of the molecule is [CH2]CCCCCCCCCCCCCCCCCCC(C)CCCCCC[CH2]. The van der Waals surface area contributed by atoms with Crippen molar-refractivity contribution in [2.24, 2.45) is 5.92 Å². The Morgan fingerprint density at radius 2 is 0.571 bits per heavy atom. The van der Waals surface area contributed by atoms with Crippen LogP contribution in [0, 0.1) is 19.8 Å². The Hall–Kier alpha value is 0. The summed E-state index contributed by atoms with van der Waals surface area (Å²) in [6.07, 6.45) is 34.1. The highest BCUT2D eigenvalue weighted by Crippen LogP contribution is 2.19. The lowest BCUT2D eigenvalue weighted by molar-refractivity contribution is 0.432. The maximum Gasteiger partial charge on any atom is -0.0443 e. The Bertz CT molecular complexity index is 257. The van der Waals surface area contributed by atoms with Crippen LogP contribution in [0.25, 0.3) is 0 Å². The molecule has 0 amide bonds. The molecule has 0 fully saturated rings. The lowest BCUT2D eigenvalue weighted by Crippen LogP contribution is -1.95. The molecule has 0 aliphatic rings. The number of unbranched alkanes of at least 4 members (excludes halogenated alkanes) is 20. The highest BCUT2D eigenvalue weighted by atomic mass is 14.1. The molecule has 0 N–H and O–H groups in total. The third kappa shape index (κ3) is 24.0. The summed E-state index contributed by atoms with van der Waals surface area (Å²) >= 11 is 0. The van der Waals surface area contributed by atoms with Gasteiger partial charge >= 0.3 is 0 Å². The Morgan fingerprint density at radius 1 is 0.357 bits per heavy atom. The van der Waals surface area contributed by atoms with E-state index in [2.05, 4.69) is 20.8 Å². The van der Waals surface area contributed by atoms with Gasteiger partial charge in [-0.2, -0.15) is 0 Å². The van der Waals surface area contributed by atoms with Crippen LogP contribution in [0.1, 0.15) is 161 Å². The van der Waals surface area contributed by atoms with E-state index in [1.54, 1.807) is 0 Å². The monoisotopic (exact) mass is 392 g/mol. The molecular formula is C28H56. The van der Waals surface area contributed by atoms with Crippen LogP contribution < -0.4 is 0 Å². The molecule has 0 aromatic rings. The Morgan fingerprint density at radius 3 is 0.821 bits per heavy atom. The van der Waals surface area contributed by atoms with E-state index in [-0.39, 0.29) is 0 Å². The maximum atomic E-state index is 3.93. The van der Waals surface area contributed by atoms with Crippen molar-refractivity contribution in [3.63, 3.8) is 0 Å². The molecule has 0 nitrogen and oxygen atoms in total. The van der Waals surface area contributed by atoms with Gasteiger partial charge in [-0.15, -0.1) is 0 Å². The van der Waals surface area contributed by atoms with Crippen LogP contribution in [-0.2, 0) is 0 Å². The van der Waals surface area contributed by atoms with E-state index in [0.717, 1.165) is 18.8 Å². The van der Waals surface area contributed by atoms with Crippen LogP contribution in [0.2, 0.25) is 0 Å². The molecular weight excluding hydrogens is 336 g/mol. The first kappa shape index (κ1) is 28.0. The summed E-state index contributed by atoms with van der Waals surface area (Å²) < 4.78 is 0. The summed E-state index contributed by atoms with van der Waals surface area (Å²) in [5.41, 5.74) is 0. The molecule has 0 heterocycles. The van der Waals surface area contributed by atoms with Gasteiger partial charge in [0, 0.05) is 0 Å². The van der Waals surface area contributed by atoms with Gasteiger partial charge in [0.15, 0.2) is 0 Å². The summed E-state index contributed by atoms with van der Waals surface area (Å²) in [5, 5.41) is 0. The maximum absolute atomic E-state index is 3.93. The van der Waals surface area contributed by atoms with Crippen molar-refractivity contribution in [3.05, 3.63) is 13.8 Å². The lowest BCUT2D eigenvalue weighted by Gasteiger charge is -2.11. The fourth-order valence-corrected chi connectivity index (χ4v) is 4.31. The Labute approximate surface area is 181 Å². The highest BCUT2D eigenvalue weighted by Gasteiger charge is 2.02. The van der Waals surface area contributed by atoms with Crippen LogP contribution in [0.15, 0.2) is 0 Å². The largest absolute Gasteiger partial charge is 0.0625 e. The summed E-state index contributed by atoms with van der Waals surface area (Å²) in [5.74, 6) is 0.952. The zero-order valence-corrected chi connectivity index (χ0v) is 20.0. The molecule has 168 valence electrons. The van der Waals surface area contributed by atoms with E-state index in [4.69, 9.17) is 0 Å². The van der Waals surface area contributed by atoms with E-state index in [1.165, 1.54) is 141 Å². The fourth-order valence-electron chi connectivity index (χ4n) is 4.31. The predicted octanol–water partition coefficient (Wildman–Crippen LogP) is 10.7. The second-order valence-corrected chi connectivity index (χ2v) is 9.46. The minimum atomic E-state index is 0.952. The number of rotatable bonds is 24. The van der Waals surface area contributed by atoms with E-state index in [9.17, 15) is 0 Å². The minimum absolute atomic E-state index is 0.952. The van der Waals surface area contributed by atoms with Gasteiger partial charge in [-0.05, 0) is 5.92 Å². The highest BCUT2D eigenvalue weighted by molar-refractivity contribution is 4.56. The Balaban J connectivity index is 3.08. The van der Waals surface area contributed by atoms with Gasteiger partial charge in [0.25, 0.3) is 0 Å². The molecule has 0 heteroatoms. The molecule has 0 saturated heterocycles. The van der Waals surface area contributed by atoms with Crippen molar-refractivity contribution in [1.29, 1.82) is 0 Å². The molecule has 0 aromatic heterocycles. The van der Waals surface area contributed by atoms with E-state index in [0.29, 0.717) is 0 Å². The second kappa shape index (κ2) is 25.0. The first-order valence-electron chi connectivity index (χ1n) is 13.4. The van der Waals surface area contributed by atoms with Crippen molar-refractivity contribution < 1.29 is 0 Å². The molecule has 0 aliphatic carbocycles. The predicted molar refractivity (Wildman–Crippen MR) is 131 cm³/mol. The zero-order chi connectivity index (χ0) is 20.5. The zero-order valence-electron chi connectivity index (χ0n) is 20.0. The molecule has 1 unspecified atom stereocenters. The second-order valence-electron chi connectivity index (χ2n) is 9.46. The number of hydrogen-bond donors (Lipinski definition) is 0. The third-order valence-electron chi connectivity index (χ3n) is 6.39. The first-order chi connectivity index (χ1) is 13.8. The first-order valence-corrected chi connectivity index (χ1v) is 13.4. The molecule has 2 radical (unpaired) electrons. The van der Waals surface area contributed by atoms with Crippen LogP contribution in [-0.4, -0.2) is 0 Å². The molecule has 0 aliphatic heterocycles. The van der Waals surface area contributed by atoms with Crippen LogP contribution in [0.4, 0.5) is 0 Å². The average molecular weight is 393 g/mol. The quantitative estimate of drug-likeness (QED) is 0.143. The standard InChI is InChI=1S/C28H56/c1-4-6-8-10-11-12-13-14-15-16-17-18-19-20-21-23-25-27-28(3)26-24-22-9-7-5-2/h28H,1-2,4-27H2,3H3. The summed E-state index contributed by atoms with van der Waals surface area (Å²) in [7, 11) is 0. The van der Waals surface area contributed by atoms with Gasteiger partial charge in [0.2, 0.25) is 0 Å². The van der Waals surface area contributed by atoms with E-state index < -0.39 is 0 Å². The molecule has 0 rings (SSSR count). The third-order valence-corrected chi connectivity index (χ3v) is 6.39. The topological polar surface area (TPSA) is 0 Å². The van der Waals surface area contributed by atoms with Gasteiger partial charge in [0.05, 0.1) is 0 Å². The van der Waals surface area contributed by atoms with Gasteiger partial charge in [-0.1, -0.05) is 175 Å². The summed E-state index contributed by atoms with van der Waals surface area (Å²) in [6.45, 7) is 10.3. The van der Waals surface area contributed by atoms with Crippen molar-refractivity contribution in [2.75, 3.05) is 0 Å². The molecule has 28 heavy (non-hydrogen) atoms. The van der Waals surface area contributed by atoms with Crippen molar-refractivity contribution >= 4 is 0 Å². The van der Waals surface area contributed by atoms with Crippen molar-refractivity contribution in [1.82, 2.24) is 0 Å². The smallest absolute Gasteiger partial charge is 0.0443 e. The lowest BCUT2D eigenvalue weighted by atomic mass is 9.96. The molecule has 0 aromatic carbocycles. The van der Waals surface area contributed by atoms with Gasteiger partial charge in [-0.3, -0.25) is 0 Å². The summed E-state index contributed by atoms with van der Waals surface area (Å²) in [6, 6.07) is 0. The normalized spacial score (nSPS) is 12.5. The average Bonchev–Trinajstić information content (AvgIpc) is 2.70. The minimum Gasteiger partial charge on any atom is -0.0625 e. The molecule has 0 spiro atoms. The van der Waals surface area contributed by atoms with Gasteiger partial charge in [0.1, 0.15) is 0 Å². The summed E-state index contributed by atoms with van der Waals surface area (Å²) in [4.78, 5) is 0.